The van der Waals surface area contributed by atoms with Gasteiger partial charge >= 0.3 is 0 Å². The van der Waals surface area contributed by atoms with Gasteiger partial charge in [0.25, 0.3) is 0 Å². The Morgan fingerprint density at radius 3 is 2.41 bits per heavy atom. The average molecular weight is 521 g/mol. The fraction of sp³-hybridized carbons (Fsp3) is 0.581. The number of fused-ring (bicyclic) bond motifs is 1. The summed E-state index contributed by atoms with van der Waals surface area (Å²) in [5.74, 6) is 0.943. The summed E-state index contributed by atoms with van der Waals surface area (Å²) in [6.07, 6.45) is 5.63. The number of H-pyrrole nitrogens is 1. The van der Waals surface area contributed by atoms with E-state index in [2.05, 4.69) is 79.4 Å². The maximum absolute atomic E-state index is 13.5. The highest BCUT2D eigenvalue weighted by molar-refractivity contribution is 7.19. The third kappa shape index (κ3) is 5.81. The number of aromatic nitrogens is 1. The summed E-state index contributed by atoms with van der Waals surface area (Å²) in [4.78, 5) is 22.2. The Bertz CT molecular complexity index is 1220. The summed E-state index contributed by atoms with van der Waals surface area (Å²) in [6, 6.07) is 9.44. The van der Waals surface area contributed by atoms with Gasteiger partial charge in [0.2, 0.25) is 5.91 Å². The molecule has 1 aliphatic carbocycles. The third-order valence-corrected chi connectivity index (χ3v) is 9.90. The smallest absolute Gasteiger partial charge is 0.231 e. The second kappa shape index (κ2) is 10.9. The van der Waals surface area contributed by atoms with Crippen LogP contribution in [0.25, 0.3) is 21.5 Å². The molecule has 1 aliphatic heterocycles. The van der Waals surface area contributed by atoms with Crippen molar-refractivity contribution in [1.82, 2.24) is 20.5 Å². The van der Waals surface area contributed by atoms with Gasteiger partial charge in [0.1, 0.15) is 4.83 Å². The number of thiophene rings is 1. The largest absolute Gasteiger partial charge is 0.353 e. The van der Waals surface area contributed by atoms with Crippen molar-refractivity contribution in [1.29, 1.82) is 0 Å². The molecule has 5 rings (SSSR count). The summed E-state index contributed by atoms with van der Waals surface area (Å²) in [7, 11) is 0. The summed E-state index contributed by atoms with van der Waals surface area (Å²) in [5, 5.41) is 8.15. The molecule has 5 nitrogen and oxygen atoms in total. The Balaban J connectivity index is 1.44. The Hall–Kier alpha value is -2.15. The average Bonchev–Trinajstić information content (AvgIpc) is 3.43. The van der Waals surface area contributed by atoms with Gasteiger partial charge in [0.15, 0.2) is 0 Å². The molecule has 6 heteroatoms. The molecule has 3 heterocycles. The molecule has 0 atom stereocenters. The number of piperazine rings is 1. The molecule has 0 radical (unpaired) electrons. The number of nitrogens with zero attached hydrogens (tertiary/aromatic N) is 1. The standard InChI is InChI=1S/C31H44N4OS/c1-20-6-8-24(9-7-20)33-30(36)31(4,5)27-19-26-25(10-13-35-14-11-32-12-15-35)28(34-29(26)37-27)23-17-21(2)16-22(3)18-23/h16-20,24,32,34H,6-15H2,1-5H3,(H,33,36). The van der Waals surface area contributed by atoms with Crippen molar-refractivity contribution in [3.05, 3.63) is 45.8 Å². The molecular formula is C31H44N4OS. The predicted molar refractivity (Wildman–Crippen MR) is 157 cm³/mol. The normalized spacial score (nSPS) is 21.4. The zero-order chi connectivity index (χ0) is 26.2. The molecule has 0 spiro atoms. The van der Waals surface area contributed by atoms with Gasteiger partial charge in [-0.15, -0.1) is 11.3 Å². The van der Waals surface area contributed by atoms with E-state index >= 15 is 0 Å². The number of rotatable bonds is 7. The molecule has 0 unspecified atom stereocenters. The van der Waals surface area contributed by atoms with Gasteiger partial charge in [0, 0.05) is 49.0 Å². The van der Waals surface area contributed by atoms with E-state index in [4.69, 9.17) is 0 Å². The van der Waals surface area contributed by atoms with Gasteiger partial charge in [-0.05, 0) is 95.0 Å². The first-order valence-electron chi connectivity index (χ1n) is 14.2. The van der Waals surface area contributed by atoms with E-state index in [1.54, 1.807) is 11.3 Å². The lowest BCUT2D eigenvalue weighted by atomic mass is 9.85. The summed E-state index contributed by atoms with van der Waals surface area (Å²) in [5.41, 5.74) is 5.92. The zero-order valence-electron chi connectivity index (χ0n) is 23.3. The van der Waals surface area contributed by atoms with Crippen LogP contribution in [0.15, 0.2) is 24.3 Å². The summed E-state index contributed by atoms with van der Waals surface area (Å²) >= 11 is 1.75. The fourth-order valence-electron chi connectivity index (χ4n) is 6.05. The van der Waals surface area contributed by atoms with Gasteiger partial charge in [-0.3, -0.25) is 4.79 Å². The Kier molecular flexibility index (Phi) is 7.80. The molecule has 1 saturated heterocycles. The Labute approximate surface area is 226 Å². The second-order valence-corrected chi connectivity index (χ2v) is 13.2. The molecule has 1 saturated carbocycles. The number of carbonyl (C=O) groups is 1. The molecule has 2 aromatic heterocycles. The minimum atomic E-state index is -0.552. The fourth-order valence-corrected chi connectivity index (χ4v) is 7.24. The molecule has 0 bridgehead atoms. The minimum absolute atomic E-state index is 0.160. The van der Waals surface area contributed by atoms with Crippen molar-refractivity contribution in [2.45, 2.75) is 78.2 Å². The van der Waals surface area contributed by atoms with Crippen molar-refractivity contribution in [3.63, 3.8) is 0 Å². The number of benzene rings is 1. The molecule has 200 valence electrons. The van der Waals surface area contributed by atoms with Crippen LogP contribution >= 0.6 is 11.3 Å². The maximum Gasteiger partial charge on any atom is 0.231 e. The summed E-state index contributed by atoms with van der Waals surface area (Å²) in [6.45, 7) is 16.2. The van der Waals surface area contributed by atoms with E-state index in [0.717, 1.165) is 62.8 Å². The van der Waals surface area contributed by atoms with Gasteiger partial charge in [-0.1, -0.05) is 24.1 Å². The third-order valence-electron chi connectivity index (χ3n) is 8.53. The first-order valence-corrected chi connectivity index (χ1v) is 15.0. The topological polar surface area (TPSA) is 60.2 Å². The number of aromatic amines is 1. The van der Waals surface area contributed by atoms with Crippen LogP contribution in [0.5, 0.6) is 0 Å². The quantitative estimate of drug-likeness (QED) is 0.362. The van der Waals surface area contributed by atoms with Crippen molar-refractivity contribution >= 4 is 27.5 Å². The van der Waals surface area contributed by atoms with Crippen LogP contribution < -0.4 is 10.6 Å². The number of hydrogen-bond acceptors (Lipinski definition) is 4. The first kappa shape index (κ1) is 26.5. The van der Waals surface area contributed by atoms with Gasteiger partial charge in [-0.25, -0.2) is 0 Å². The molecule has 2 fully saturated rings. The predicted octanol–water partition coefficient (Wildman–Crippen LogP) is 5.93. The van der Waals surface area contributed by atoms with E-state index < -0.39 is 5.41 Å². The van der Waals surface area contributed by atoms with Gasteiger partial charge < -0.3 is 20.5 Å². The van der Waals surface area contributed by atoms with E-state index in [9.17, 15) is 4.79 Å². The molecule has 37 heavy (non-hydrogen) atoms. The zero-order valence-corrected chi connectivity index (χ0v) is 24.1. The molecule has 2 aliphatic rings. The number of hydrogen-bond donors (Lipinski definition) is 3. The SMILES string of the molecule is Cc1cc(C)cc(-c2[nH]c3sc(C(C)(C)C(=O)NC4CCC(C)CC4)cc3c2CCN2CCNCC2)c1. The number of aryl methyl sites for hydroxylation is 2. The molecular weight excluding hydrogens is 476 g/mol. The van der Waals surface area contributed by atoms with E-state index in [1.165, 1.54) is 51.0 Å². The monoisotopic (exact) mass is 520 g/mol. The van der Waals surface area contributed by atoms with Crippen LogP contribution in [0.2, 0.25) is 0 Å². The van der Waals surface area contributed by atoms with Gasteiger partial charge in [-0.2, -0.15) is 0 Å². The number of nitrogens with one attached hydrogen (secondary N) is 3. The second-order valence-electron chi connectivity index (χ2n) is 12.1. The lowest BCUT2D eigenvalue weighted by molar-refractivity contribution is -0.126. The van der Waals surface area contributed by atoms with Gasteiger partial charge in [0.05, 0.1) is 11.1 Å². The first-order chi connectivity index (χ1) is 17.7. The molecule has 3 N–H and O–H groups in total. The highest BCUT2D eigenvalue weighted by Gasteiger charge is 2.34. The van der Waals surface area contributed by atoms with Crippen molar-refractivity contribution < 1.29 is 4.79 Å². The van der Waals surface area contributed by atoms with Crippen LogP contribution in [-0.4, -0.2) is 54.6 Å². The van der Waals surface area contributed by atoms with Crippen molar-refractivity contribution in [3.8, 4) is 11.3 Å². The summed E-state index contributed by atoms with van der Waals surface area (Å²) < 4.78 is 0. The van der Waals surface area contributed by atoms with Crippen LogP contribution in [0, 0.1) is 19.8 Å². The van der Waals surface area contributed by atoms with Crippen LogP contribution in [0.4, 0.5) is 0 Å². The lowest BCUT2D eigenvalue weighted by Gasteiger charge is -2.30. The van der Waals surface area contributed by atoms with Crippen LogP contribution in [0.3, 0.4) is 0 Å². The highest BCUT2D eigenvalue weighted by Crippen LogP contribution is 2.40. The van der Waals surface area contributed by atoms with E-state index in [-0.39, 0.29) is 5.91 Å². The van der Waals surface area contributed by atoms with Crippen LogP contribution in [0.1, 0.15) is 68.0 Å². The highest BCUT2D eigenvalue weighted by atomic mass is 32.1. The minimum Gasteiger partial charge on any atom is -0.353 e. The van der Waals surface area contributed by atoms with E-state index in [1.807, 2.05) is 0 Å². The van der Waals surface area contributed by atoms with Crippen molar-refractivity contribution in [2.24, 2.45) is 5.92 Å². The van der Waals surface area contributed by atoms with Crippen LogP contribution in [-0.2, 0) is 16.6 Å². The molecule has 1 amide bonds. The Morgan fingerprint density at radius 2 is 1.73 bits per heavy atom. The Morgan fingerprint density at radius 1 is 1.05 bits per heavy atom. The molecule has 1 aromatic carbocycles. The van der Waals surface area contributed by atoms with E-state index in [0.29, 0.717) is 6.04 Å². The molecule has 3 aromatic rings. The lowest BCUT2D eigenvalue weighted by Crippen LogP contribution is -2.45. The van der Waals surface area contributed by atoms with Crippen molar-refractivity contribution in [2.75, 3.05) is 32.7 Å². The number of carbonyl (C=O) groups excluding carboxylic acids is 1. The maximum atomic E-state index is 13.5. The number of amides is 1.